The van der Waals surface area contributed by atoms with Crippen LogP contribution >= 0.6 is 11.6 Å². The largest absolute Gasteiger partial charge is 0.361 e. The van der Waals surface area contributed by atoms with Gasteiger partial charge in [0.2, 0.25) is 0 Å². The Bertz CT molecular complexity index is 1360. The minimum absolute atomic E-state index is 0.311. The topological polar surface area (TPSA) is 91.4 Å². The first-order valence-electron chi connectivity index (χ1n) is 9.22. The number of aromatic nitrogens is 5. The SMILES string of the molecule is CCn1ncc(Cl)c1C(=O)Nc1cc(-c2cccc3[nH]ccc23)cc2[nH]ncc12. The number of anilines is 1. The van der Waals surface area contributed by atoms with Crippen LogP contribution in [0.5, 0.6) is 0 Å². The van der Waals surface area contributed by atoms with E-state index in [0.717, 1.165) is 32.9 Å². The molecule has 3 aromatic heterocycles. The van der Waals surface area contributed by atoms with Gasteiger partial charge in [0, 0.05) is 29.0 Å². The summed E-state index contributed by atoms with van der Waals surface area (Å²) in [5.74, 6) is -0.311. The van der Waals surface area contributed by atoms with Crippen LogP contribution in [-0.2, 0) is 6.54 Å². The van der Waals surface area contributed by atoms with Gasteiger partial charge >= 0.3 is 0 Å². The van der Waals surface area contributed by atoms with E-state index in [1.165, 1.54) is 6.20 Å². The zero-order valence-electron chi connectivity index (χ0n) is 15.5. The van der Waals surface area contributed by atoms with E-state index in [1.54, 1.807) is 10.9 Å². The first-order valence-corrected chi connectivity index (χ1v) is 9.59. The van der Waals surface area contributed by atoms with Gasteiger partial charge in [-0.15, -0.1) is 0 Å². The third kappa shape index (κ3) is 2.87. The number of amides is 1. The van der Waals surface area contributed by atoms with E-state index in [1.807, 2.05) is 43.5 Å². The number of aromatic amines is 2. The lowest BCUT2D eigenvalue weighted by molar-refractivity contribution is 0.101. The third-order valence-corrected chi connectivity index (χ3v) is 5.30. The quantitative estimate of drug-likeness (QED) is 0.400. The molecular weight excluding hydrogens is 388 g/mol. The summed E-state index contributed by atoms with van der Waals surface area (Å²) >= 11 is 6.20. The Hall–Kier alpha value is -3.58. The van der Waals surface area contributed by atoms with Crippen LogP contribution in [-0.4, -0.2) is 30.9 Å². The van der Waals surface area contributed by atoms with Crippen LogP contribution in [0.15, 0.2) is 55.0 Å². The summed E-state index contributed by atoms with van der Waals surface area (Å²) in [6, 6.07) is 12.1. The fourth-order valence-corrected chi connectivity index (χ4v) is 3.88. The molecule has 0 saturated carbocycles. The molecule has 3 heterocycles. The maximum atomic E-state index is 13.0. The van der Waals surface area contributed by atoms with Crippen molar-refractivity contribution in [3.63, 3.8) is 0 Å². The smallest absolute Gasteiger partial charge is 0.275 e. The van der Waals surface area contributed by atoms with Gasteiger partial charge < -0.3 is 10.3 Å². The molecule has 7 nitrogen and oxygen atoms in total. The molecule has 3 N–H and O–H groups in total. The number of hydrogen-bond donors (Lipinski definition) is 3. The third-order valence-electron chi connectivity index (χ3n) is 5.02. The Morgan fingerprint density at radius 2 is 2.07 bits per heavy atom. The van der Waals surface area contributed by atoms with Gasteiger partial charge in [-0.25, -0.2) is 0 Å². The van der Waals surface area contributed by atoms with E-state index in [4.69, 9.17) is 11.6 Å². The average Bonchev–Trinajstić information content (AvgIpc) is 3.46. The zero-order valence-corrected chi connectivity index (χ0v) is 16.3. The molecule has 29 heavy (non-hydrogen) atoms. The van der Waals surface area contributed by atoms with Gasteiger partial charge in [-0.05, 0) is 42.3 Å². The molecule has 0 aliphatic rings. The number of carbonyl (C=O) groups excluding carboxylic acids is 1. The van der Waals surface area contributed by atoms with E-state index in [2.05, 4.69) is 31.7 Å². The highest BCUT2D eigenvalue weighted by molar-refractivity contribution is 6.34. The summed E-state index contributed by atoms with van der Waals surface area (Å²) in [6.45, 7) is 2.46. The van der Waals surface area contributed by atoms with Crippen molar-refractivity contribution in [2.24, 2.45) is 0 Å². The zero-order chi connectivity index (χ0) is 20.0. The lowest BCUT2D eigenvalue weighted by Gasteiger charge is -2.11. The minimum Gasteiger partial charge on any atom is -0.361 e. The van der Waals surface area contributed by atoms with Gasteiger partial charge in [-0.3, -0.25) is 14.6 Å². The van der Waals surface area contributed by atoms with Crippen LogP contribution in [0.2, 0.25) is 5.02 Å². The minimum atomic E-state index is -0.311. The van der Waals surface area contributed by atoms with Crippen LogP contribution in [0.25, 0.3) is 32.9 Å². The molecule has 5 rings (SSSR count). The summed E-state index contributed by atoms with van der Waals surface area (Å²) < 4.78 is 1.58. The molecule has 2 aromatic carbocycles. The van der Waals surface area contributed by atoms with Crippen molar-refractivity contribution < 1.29 is 4.79 Å². The van der Waals surface area contributed by atoms with Gasteiger partial charge in [0.15, 0.2) is 0 Å². The molecule has 0 atom stereocenters. The van der Waals surface area contributed by atoms with Crippen molar-refractivity contribution in [2.75, 3.05) is 5.32 Å². The Labute approximate surface area is 170 Å². The second-order valence-corrected chi connectivity index (χ2v) is 7.12. The Morgan fingerprint density at radius 1 is 1.17 bits per heavy atom. The molecule has 0 aliphatic heterocycles. The molecule has 8 heteroatoms. The molecule has 5 aromatic rings. The number of nitrogens with one attached hydrogen (secondary N) is 3. The second-order valence-electron chi connectivity index (χ2n) is 6.71. The molecule has 0 saturated heterocycles. The number of hydrogen-bond acceptors (Lipinski definition) is 3. The van der Waals surface area contributed by atoms with Crippen LogP contribution in [0, 0.1) is 0 Å². The van der Waals surface area contributed by atoms with Gasteiger partial charge in [0.05, 0.1) is 28.6 Å². The number of fused-ring (bicyclic) bond motifs is 2. The van der Waals surface area contributed by atoms with Crippen molar-refractivity contribution in [1.29, 1.82) is 0 Å². The fraction of sp³-hybridized carbons (Fsp3) is 0.0952. The van der Waals surface area contributed by atoms with Crippen LogP contribution in [0.4, 0.5) is 5.69 Å². The van der Waals surface area contributed by atoms with Crippen molar-refractivity contribution >= 4 is 45.0 Å². The van der Waals surface area contributed by atoms with Crippen LogP contribution < -0.4 is 5.32 Å². The lowest BCUT2D eigenvalue weighted by Crippen LogP contribution is -2.18. The van der Waals surface area contributed by atoms with Gasteiger partial charge in [0.1, 0.15) is 5.69 Å². The molecule has 0 aliphatic carbocycles. The molecule has 1 amide bonds. The Balaban J connectivity index is 1.63. The summed E-state index contributed by atoms with van der Waals surface area (Å²) in [5, 5.41) is 16.5. The predicted octanol–water partition coefficient (Wildman–Crippen LogP) is 4.83. The first kappa shape index (κ1) is 17.5. The number of halogens is 1. The van der Waals surface area contributed by atoms with Crippen LogP contribution in [0.3, 0.4) is 0 Å². The molecule has 0 spiro atoms. The second kappa shape index (κ2) is 6.79. The van der Waals surface area contributed by atoms with Crippen molar-refractivity contribution in [3.8, 4) is 11.1 Å². The van der Waals surface area contributed by atoms with E-state index < -0.39 is 0 Å². The van der Waals surface area contributed by atoms with E-state index >= 15 is 0 Å². The highest BCUT2D eigenvalue weighted by Crippen LogP contribution is 2.34. The average molecular weight is 405 g/mol. The lowest BCUT2D eigenvalue weighted by atomic mass is 9.99. The number of H-pyrrole nitrogens is 2. The summed E-state index contributed by atoms with van der Waals surface area (Å²) in [4.78, 5) is 16.2. The highest BCUT2D eigenvalue weighted by atomic mass is 35.5. The number of benzene rings is 2. The van der Waals surface area contributed by atoms with E-state index in [9.17, 15) is 4.79 Å². The van der Waals surface area contributed by atoms with Crippen LogP contribution in [0.1, 0.15) is 17.4 Å². The normalized spacial score (nSPS) is 11.4. The van der Waals surface area contributed by atoms with E-state index in [-0.39, 0.29) is 5.91 Å². The van der Waals surface area contributed by atoms with Crippen molar-refractivity contribution in [2.45, 2.75) is 13.5 Å². The standard InChI is InChI=1S/C21H17ClN6O/c1-2-28-20(16(22)11-25-28)21(29)26-18-8-12(9-19-15(18)10-24-27-19)13-4-3-5-17-14(13)6-7-23-17/h3-11,23H,2H2,1H3,(H,24,27)(H,26,29). The first-order chi connectivity index (χ1) is 14.2. The summed E-state index contributed by atoms with van der Waals surface area (Å²) in [6.07, 6.45) is 5.10. The van der Waals surface area contributed by atoms with Crippen molar-refractivity contribution in [3.05, 3.63) is 65.7 Å². The molecule has 0 unspecified atom stereocenters. The number of rotatable bonds is 4. The molecule has 0 fully saturated rings. The Morgan fingerprint density at radius 3 is 2.93 bits per heavy atom. The predicted molar refractivity (Wildman–Crippen MR) is 114 cm³/mol. The monoisotopic (exact) mass is 404 g/mol. The Kier molecular flexibility index (Phi) is 4.10. The molecule has 0 radical (unpaired) electrons. The van der Waals surface area contributed by atoms with Crippen molar-refractivity contribution in [1.82, 2.24) is 25.0 Å². The van der Waals surface area contributed by atoms with Gasteiger partial charge in [-0.2, -0.15) is 10.2 Å². The number of aryl methyl sites for hydroxylation is 1. The summed E-state index contributed by atoms with van der Waals surface area (Å²) in [7, 11) is 0. The molecular formula is C21H17ClN6O. The number of nitrogens with zero attached hydrogens (tertiary/aromatic N) is 3. The highest BCUT2D eigenvalue weighted by Gasteiger charge is 2.19. The van der Waals surface area contributed by atoms with Gasteiger partial charge in [-0.1, -0.05) is 23.7 Å². The maximum absolute atomic E-state index is 13.0. The molecule has 144 valence electrons. The maximum Gasteiger partial charge on any atom is 0.275 e. The fourth-order valence-electron chi connectivity index (χ4n) is 3.66. The molecule has 0 bridgehead atoms. The van der Waals surface area contributed by atoms with Gasteiger partial charge in [0.25, 0.3) is 5.91 Å². The summed E-state index contributed by atoms with van der Waals surface area (Å²) in [5.41, 5.74) is 4.91. The van der Waals surface area contributed by atoms with E-state index in [0.29, 0.717) is 22.9 Å². The number of carbonyl (C=O) groups is 1.